The van der Waals surface area contributed by atoms with E-state index in [9.17, 15) is 4.79 Å². The van der Waals surface area contributed by atoms with E-state index in [-0.39, 0.29) is 12.5 Å². The molecule has 0 atom stereocenters. The third-order valence-electron chi connectivity index (χ3n) is 4.38. The van der Waals surface area contributed by atoms with Gasteiger partial charge in [-0.25, -0.2) is 0 Å². The van der Waals surface area contributed by atoms with Crippen molar-refractivity contribution in [1.82, 2.24) is 5.32 Å². The van der Waals surface area contributed by atoms with Gasteiger partial charge >= 0.3 is 0 Å². The Morgan fingerprint density at radius 3 is 2.20 bits per heavy atom. The molecule has 1 N–H and O–H groups in total. The molecule has 30 heavy (non-hydrogen) atoms. The maximum atomic E-state index is 12.1. The zero-order chi connectivity index (χ0) is 21.2. The summed E-state index contributed by atoms with van der Waals surface area (Å²) in [5, 5.41) is 2.84. The zero-order valence-corrected chi connectivity index (χ0v) is 17.1. The lowest BCUT2D eigenvalue weighted by Gasteiger charge is -2.13. The van der Waals surface area contributed by atoms with Gasteiger partial charge in [-0.1, -0.05) is 36.4 Å². The van der Waals surface area contributed by atoms with Gasteiger partial charge in [0.25, 0.3) is 5.91 Å². The van der Waals surface area contributed by atoms with Gasteiger partial charge < -0.3 is 24.3 Å². The van der Waals surface area contributed by atoms with Crippen LogP contribution in [0.25, 0.3) is 0 Å². The lowest BCUT2D eigenvalue weighted by atomic mass is 10.2. The molecule has 6 nitrogen and oxygen atoms in total. The average Bonchev–Trinajstić information content (AvgIpc) is 2.81. The molecule has 0 bridgehead atoms. The van der Waals surface area contributed by atoms with Crippen molar-refractivity contribution in [3.05, 3.63) is 83.9 Å². The number of methoxy groups -OCH3 is 2. The normalized spacial score (nSPS) is 10.2. The van der Waals surface area contributed by atoms with Crippen molar-refractivity contribution in [2.45, 2.75) is 13.2 Å². The summed E-state index contributed by atoms with van der Waals surface area (Å²) >= 11 is 0. The molecule has 0 spiro atoms. The van der Waals surface area contributed by atoms with Gasteiger partial charge in [0.1, 0.15) is 18.1 Å². The Kier molecular flexibility index (Phi) is 7.55. The minimum atomic E-state index is -0.214. The molecular formula is C24H25NO5. The second-order valence-electron chi connectivity index (χ2n) is 6.50. The largest absolute Gasteiger partial charge is 0.497 e. The van der Waals surface area contributed by atoms with Crippen LogP contribution in [0.5, 0.6) is 23.0 Å². The fraction of sp³-hybridized carbons (Fsp3) is 0.208. The first-order chi connectivity index (χ1) is 14.7. The molecule has 156 valence electrons. The van der Waals surface area contributed by atoms with Crippen LogP contribution in [-0.2, 0) is 17.9 Å². The van der Waals surface area contributed by atoms with E-state index in [2.05, 4.69) is 5.32 Å². The van der Waals surface area contributed by atoms with Gasteiger partial charge in [0, 0.05) is 6.54 Å². The Balaban J connectivity index is 1.48. The van der Waals surface area contributed by atoms with Crippen LogP contribution in [-0.4, -0.2) is 26.7 Å². The van der Waals surface area contributed by atoms with Crippen molar-refractivity contribution in [1.29, 1.82) is 0 Å². The summed E-state index contributed by atoms with van der Waals surface area (Å²) in [6, 6.07) is 22.6. The molecule has 0 aliphatic heterocycles. The summed E-state index contributed by atoms with van der Waals surface area (Å²) in [5.74, 6) is 2.39. The van der Waals surface area contributed by atoms with Crippen LogP contribution in [0, 0.1) is 0 Å². The quantitative estimate of drug-likeness (QED) is 0.551. The van der Waals surface area contributed by atoms with Crippen molar-refractivity contribution in [2.75, 3.05) is 20.8 Å². The van der Waals surface area contributed by atoms with Crippen LogP contribution < -0.4 is 24.3 Å². The molecule has 0 radical (unpaired) electrons. The number of nitrogens with one attached hydrogen (secondary N) is 1. The lowest BCUT2D eigenvalue weighted by molar-refractivity contribution is -0.123. The molecule has 0 aromatic heterocycles. The topological polar surface area (TPSA) is 66.0 Å². The highest BCUT2D eigenvalue weighted by molar-refractivity contribution is 5.77. The van der Waals surface area contributed by atoms with Crippen LogP contribution >= 0.6 is 0 Å². The predicted octanol–water partition coefficient (Wildman–Crippen LogP) is 3.98. The predicted molar refractivity (Wildman–Crippen MR) is 114 cm³/mol. The number of ether oxygens (including phenoxy) is 4. The molecule has 3 aromatic rings. The number of benzene rings is 3. The fourth-order valence-electron chi connectivity index (χ4n) is 2.75. The van der Waals surface area contributed by atoms with Gasteiger partial charge in [-0.3, -0.25) is 4.79 Å². The second-order valence-corrected chi connectivity index (χ2v) is 6.50. The number of hydrogen-bond acceptors (Lipinski definition) is 5. The molecule has 0 fully saturated rings. The monoisotopic (exact) mass is 407 g/mol. The Hall–Kier alpha value is -3.67. The van der Waals surface area contributed by atoms with Gasteiger partial charge in [-0.15, -0.1) is 0 Å². The van der Waals surface area contributed by atoms with E-state index in [1.54, 1.807) is 38.5 Å². The molecule has 6 heteroatoms. The second kappa shape index (κ2) is 10.8. The Labute approximate surface area is 176 Å². The maximum Gasteiger partial charge on any atom is 0.258 e. The molecule has 0 saturated carbocycles. The minimum Gasteiger partial charge on any atom is -0.497 e. The summed E-state index contributed by atoms with van der Waals surface area (Å²) < 4.78 is 21.9. The van der Waals surface area contributed by atoms with E-state index in [1.165, 1.54) is 0 Å². The first-order valence-electron chi connectivity index (χ1n) is 9.55. The summed E-state index contributed by atoms with van der Waals surface area (Å²) in [6.45, 7) is 0.748. The third kappa shape index (κ3) is 6.17. The first-order valence-corrected chi connectivity index (χ1v) is 9.55. The molecule has 1 amide bonds. The molecule has 3 rings (SSSR count). The highest BCUT2D eigenvalue weighted by atomic mass is 16.5. The molecule has 0 aliphatic carbocycles. The smallest absolute Gasteiger partial charge is 0.258 e. The maximum absolute atomic E-state index is 12.1. The summed E-state index contributed by atoms with van der Waals surface area (Å²) in [7, 11) is 3.19. The molecule has 0 unspecified atom stereocenters. The number of hydrogen-bond donors (Lipinski definition) is 1. The zero-order valence-electron chi connectivity index (χ0n) is 17.1. The van der Waals surface area contributed by atoms with Crippen LogP contribution in [0.4, 0.5) is 0 Å². The van der Waals surface area contributed by atoms with Crippen LogP contribution in [0.2, 0.25) is 0 Å². The fourth-order valence-corrected chi connectivity index (χ4v) is 2.75. The van der Waals surface area contributed by atoms with Crippen molar-refractivity contribution in [3.63, 3.8) is 0 Å². The average molecular weight is 407 g/mol. The summed E-state index contributed by atoms with van der Waals surface area (Å²) in [5.41, 5.74) is 1.98. The lowest BCUT2D eigenvalue weighted by Crippen LogP contribution is -2.28. The highest BCUT2D eigenvalue weighted by Crippen LogP contribution is 2.28. The van der Waals surface area contributed by atoms with E-state index >= 15 is 0 Å². The van der Waals surface area contributed by atoms with E-state index in [4.69, 9.17) is 18.9 Å². The van der Waals surface area contributed by atoms with E-state index in [1.807, 2.05) is 48.5 Å². The number of rotatable bonds is 10. The molecule has 3 aromatic carbocycles. The van der Waals surface area contributed by atoms with Crippen molar-refractivity contribution >= 4 is 5.91 Å². The SMILES string of the molecule is COc1ccc(OCC(=O)NCc2ccc(OCc3ccccc3)c(OC)c2)cc1. The molecular weight excluding hydrogens is 382 g/mol. The summed E-state index contributed by atoms with van der Waals surface area (Å²) in [6.07, 6.45) is 0. The highest BCUT2D eigenvalue weighted by Gasteiger charge is 2.08. The minimum absolute atomic E-state index is 0.0677. The Morgan fingerprint density at radius 1 is 0.767 bits per heavy atom. The van der Waals surface area contributed by atoms with Gasteiger partial charge in [-0.05, 0) is 47.5 Å². The number of carbonyl (C=O) groups is 1. The number of carbonyl (C=O) groups excluding carboxylic acids is 1. The van der Waals surface area contributed by atoms with E-state index < -0.39 is 0 Å². The van der Waals surface area contributed by atoms with E-state index in [0.717, 1.165) is 16.9 Å². The third-order valence-corrected chi connectivity index (χ3v) is 4.38. The summed E-state index contributed by atoms with van der Waals surface area (Å²) in [4.78, 5) is 12.1. The van der Waals surface area contributed by atoms with Gasteiger partial charge in [0.2, 0.25) is 0 Å². The van der Waals surface area contributed by atoms with Gasteiger partial charge in [0.05, 0.1) is 14.2 Å². The Morgan fingerprint density at radius 2 is 1.50 bits per heavy atom. The van der Waals surface area contributed by atoms with Crippen molar-refractivity contribution in [2.24, 2.45) is 0 Å². The molecule has 0 saturated heterocycles. The van der Waals surface area contributed by atoms with Crippen LogP contribution in [0.1, 0.15) is 11.1 Å². The van der Waals surface area contributed by atoms with Crippen LogP contribution in [0.3, 0.4) is 0 Å². The van der Waals surface area contributed by atoms with Crippen molar-refractivity contribution < 1.29 is 23.7 Å². The van der Waals surface area contributed by atoms with Gasteiger partial charge in [0.15, 0.2) is 18.1 Å². The van der Waals surface area contributed by atoms with E-state index in [0.29, 0.717) is 30.4 Å². The standard InChI is InChI=1S/C24H25NO5/c1-27-20-9-11-21(12-10-20)29-17-24(26)25-15-19-8-13-22(23(14-19)28-2)30-16-18-6-4-3-5-7-18/h3-14H,15-17H2,1-2H3,(H,25,26). The molecule has 0 heterocycles. The van der Waals surface area contributed by atoms with Crippen LogP contribution in [0.15, 0.2) is 72.8 Å². The number of amides is 1. The molecule has 0 aliphatic rings. The Bertz CT molecular complexity index is 942. The first kappa shape index (κ1) is 21.0. The van der Waals surface area contributed by atoms with Crippen molar-refractivity contribution in [3.8, 4) is 23.0 Å². The van der Waals surface area contributed by atoms with Gasteiger partial charge in [-0.2, -0.15) is 0 Å².